The molecule has 0 spiro atoms. The third kappa shape index (κ3) is 14.8. The molecular weight excluding hydrogens is 1210 g/mol. The highest BCUT2D eigenvalue weighted by Crippen LogP contribution is 2.39. The number of fused-ring (bicyclic) bond motifs is 9. The fourth-order valence-electron chi connectivity index (χ4n) is 10.6. The predicted molar refractivity (Wildman–Crippen MR) is 348 cm³/mol. The van der Waals surface area contributed by atoms with Crippen molar-refractivity contribution >= 4 is 93.3 Å². The minimum atomic E-state index is -0.241. The molecule has 0 unspecified atom stereocenters. The number of ether oxygens (including phenoxy) is 2. The number of aromatic amines is 1. The number of H-pyrrole nitrogens is 1. The fourth-order valence-corrected chi connectivity index (χ4v) is 11.4. The molecule has 0 radical (unpaired) electrons. The Hall–Kier alpha value is -7.83. The first kappa shape index (κ1) is 65.2. The van der Waals surface area contributed by atoms with Crippen LogP contribution in [0.25, 0.3) is 28.2 Å². The Morgan fingerprint density at radius 1 is 0.667 bits per heavy atom. The molecule has 19 nitrogen and oxygen atoms in total. The summed E-state index contributed by atoms with van der Waals surface area (Å²) in [5.74, 6) is 0.182. The number of hydrogen-bond acceptors (Lipinski definition) is 12. The number of amides is 5. The summed E-state index contributed by atoms with van der Waals surface area (Å²) in [7, 11) is 3.09. The highest BCUT2D eigenvalue weighted by Gasteiger charge is 2.51. The maximum atomic E-state index is 12.7. The number of halogens is 1. The number of imidazole rings is 2. The largest absolute Gasteiger partial charge is 0.489 e. The van der Waals surface area contributed by atoms with Crippen LogP contribution in [0, 0.1) is 3.57 Å². The number of rotatable bonds is 7. The van der Waals surface area contributed by atoms with Gasteiger partial charge in [-0.3, -0.25) is 33.5 Å². The van der Waals surface area contributed by atoms with E-state index in [2.05, 4.69) is 85.0 Å². The lowest BCUT2D eigenvalue weighted by Gasteiger charge is -2.32. The third-order valence-corrected chi connectivity index (χ3v) is 17.4. The molecule has 3 aromatic carbocycles. The molecule has 1 fully saturated rings. The van der Waals surface area contributed by atoms with Gasteiger partial charge in [0, 0.05) is 78.5 Å². The number of benzene rings is 3. The average molecular weight is 1290 g/mol. The van der Waals surface area contributed by atoms with Crippen molar-refractivity contribution in [2.24, 2.45) is 4.99 Å². The summed E-state index contributed by atoms with van der Waals surface area (Å²) >= 11 is 2.30. The maximum Gasteiger partial charge on any atom is 0.489 e. The smallest absolute Gasteiger partial charge is 0.400 e. The zero-order chi connectivity index (χ0) is 63.1. The summed E-state index contributed by atoms with van der Waals surface area (Å²) in [6, 6.07) is 18.1. The van der Waals surface area contributed by atoms with Gasteiger partial charge < -0.3 is 49.1 Å². The summed E-state index contributed by atoms with van der Waals surface area (Å²) < 4.78 is 24.8. The van der Waals surface area contributed by atoms with Crippen molar-refractivity contribution in [3.63, 3.8) is 0 Å². The monoisotopic (exact) mass is 1290 g/mol. The Balaban J connectivity index is 0.000000148. The molecule has 2 aromatic heterocycles. The van der Waals surface area contributed by atoms with Crippen LogP contribution in [0.15, 0.2) is 128 Å². The lowest BCUT2D eigenvalue weighted by atomic mass is 9.81. The molecule has 7 aliphatic heterocycles. The molecule has 3 N–H and O–H groups in total. The van der Waals surface area contributed by atoms with Crippen LogP contribution in [0.2, 0.25) is 0 Å². The second-order valence-corrected chi connectivity index (χ2v) is 24.1. The number of carbonyl (C=O) groups excluding carboxylic acids is 5. The van der Waals surface area contributed by atoms with Gasteiger partial charge in [-0.05, 0) is 138 Å². The average Bonchev–Trinajstić information content (AvgIpc) is 2.94. The molecule has 0 aliphatic carbocycles. The second kappa shape index (κ2) is 27.9. The highest BCUT2D eigenvalue weighted by atomic mass is 127. The van der Waals surface area contributed by atoms with Crippen molar-refractivity contribution < 1.29 is 42.8 Å². The first-order chi connectivity index (χ1) is 41.3. The minimum absolute atomic E-state index is 0.0122. The van der Waals surface area contributed by atoms with Gasteiger partial charge in [-0.1, -0.05) is 78.3 Å². The van der Waals surface area contributed by atoms with Gasteiger partial charge in [0.2, 0.25) is 29.5 Å². The molecule has 1 saturated heterocycles. The third-order valence-electron chi connectivity index (χ3n) is 16.4. The van der Waals surface area contributed by atoms with Crippen LogP contribution in [0.1, 0.15) is 130 Å². The molecule has 87 heavy (non-hydrogen) atoms. The Bertz CT molecular complexity index is 3620. The molecule has 456 valence electrons. The van der Waals surface area contributed by atoms with E-state index in [9.17, 15) is 24.0 Å². The molecule has 9 heterocycles. The van der Waals surface area contributed by atoms with Gasteiger partial charge >= 0.3 is 7.12 Å². The fraction of sp³-hybridized carbons (Fsp3) is 0.364. The summed E-state index contributed by atoms with van der Waals surface area (Å²) in [6.45, 7) is 32.1. The van der Waals surface area contributed by atoms with Gasteiger partial charge in [0.05, 0.1) is 77.5 Å². The quantitative estimate of drug-likeness (QED) is 0.103. The van der Waals surface area contributed by atoms with Gasteiger partial charge in [0.25, 0.3) is 0 Å². The van der Waals surface area contributed by atoms with Crippen molar-refractivity contribution in [2.75, 3.05) is 53.5 Å². The van der Waals surface area contributed by atoms with Crippen LogP contribution in [-0.4, -0.2) is 141 Å². The summed E-state index contributed by atoms with van der Waals surface area (Å²) in [4.78, 5) is 81.1. The number of methoxy groups -OCH3 is 2. The Morgan fingerprint density at radius 3 is 1.60 bits per heavy atom. The number of hydrogen-bond donors (Lipinski definition) is 3. The molecule has 21 heteroatoms. The van der Waals surface area contributed by atoms with E-state index in [4.69, 9.17) is 18.8 Å². The first-order valence-electron chi connectivity index (χ1n) is 28.9. The van der Waals surface area contributed by atoms with Crippen LogP contribution in [0.3, 0.4) is 0 Å². The molecule has 12 rings (SSSR count). The number of allylic oxidation sites excluding steroid dienone is 4. The lowest BCUT2D eigenvalue weighted by Crippen LogP contribution is -2.41. The minimum Gasteiger partial charge on any atom is -0.400 e. The molecule has 2 atom stereocenters. The zero-order valence-electron chi connectivity index (χ0n) is 51.6. The number of carbonyl (C=O) groups is 5. The van der Waals surface area contributed by atoms with E-state index in [1.807, 2.05) is 127 Å². The number of aromatic nitrogens is 4. The SMILES string of the molecule is C=C(C)B1OC(C)(C)C(C)(C)O1.C=C(C)c1cccc2c1CCN1C(=O)CN=C(n3cnc([C@@H](C)OC)c3)C=C21.C=C(C)c1cccc2c1CCN1C(=O)CNC(=O)C=C21.CO[C@H](C)c1cnc[nH]1.O=C1C=C2c3cccc(I)c3CCN2C(=O)CN1. The maximum absolute atomic E-state index is 12.7. The Labute approximate surface area is 524 Å². The number of nitrogens with one attached hydrogen (secondary N) is 3. The van der Waals surface area contributed by atoms with Crippen LogP contribution in [0.4, 0.5) is 0 Å². The van der Waals surface area contributed by atoms with Gasteiger partial charge in [-0.25, -0.2) is 9.97 Å². The summed E-state index contributed by atoms with van der Waals surface area (Å²) in [5, 5.41) is 5.18. The van der Waals surface area contributed by atoms with E-state index in [0.717, 1.165) is 86.5 Å². The van der Waals surface area contributed by atoms with Crippen LogP contribution < -0.4 is 10.6 Å². The normalized spacial score (nSPS) is 18.4. The molecule has 5 amide bonds. The predicted octanol–water partition coefficient (Wildman–Crippen LogP) is 9.34. The molecule has 0 bridgehead atoms. The van der Waals surface area contributed by atoms with Crippen molar-refractivity contribution in [3.05, 3.63) is 183 Å². The Morgan fingerprint density at radius 2 is 1.14 bits per heavy atom. The van der Waals surface area contributed by atoms with Crippen molar-refractivity contribution in [2.45, 2.75) is 105 Å². The van der Waals surface area contributed by atoms with Crippen molar-refractivity contribution in [3.8, 4) is 0 Å². The second-order valence-electron chi connectivity index (χ2n) is 23.0. The Kier molecular flexibility index (Phi) is 20.9. The van der Waals surface area contributed by atoms with Gasteiger partial charge in [-0.2, -0.15) is 0 Å². The van der Waals surface area contributed by atoms with E-state index in [1.165, 1.54) is 32.4 Å². The van der Waals surface area contributed by atoms with E-state index < -0.39 is 0 Å². The van der Waals surface area contributed by atoms with Crippen LogP contribution in [0.5, 0.6) is 0 Å². The van der Waals surface area contributed by atoms with E-state index in [-0.39, 0.29) is 79.7 Å². The van der Waals surface area contributed by atoms with Gasteiger partial charge in [0.1, 0.15) is 18.7 Å². The lowest BCUT2D eigenvalue weighted by molar-refractivity contribution is -0.128. The van der Waals surface area contributed by atoms with E-state index in [0.29, 0.717) is 31.2 Å². The first-order valence-corrected chi connectivity index (χ1v) is 30.0. The molecular formula is C66H78BIN10O9. The summed E-state index contributed by atoms with van der Waals surface area (Å²) in [6.07, 6.45) is 14.5. The van der Waals surface area contributed by atoms with Crippen molar-refractivity contribution in [1.29, 1.82) is 0 Å². The summed E-state index contributed by atoms with van der Waals surface area (Å²) in [5.41, 5.74) is 15.6. The van der Waals surface area contributed by atoms with Crippen LogP contribution in [-0.2, 0) is 62.0 Å². The number of aliphatic imine (C=N–C) groups is 1. The van der Waals surface area contributed by atoms with E-state index in [1.54, 1.807) is 42.9 Å². The topological polar surface area (TPSA) is 215 Å². The highest BCUT2D eigenvalue weighted by molar-refractivity contribution is 14.1. The van der Waals surface area contributed by atoms with Gasteiger partial charge in [-0.15, -0.1) is 6.58 Å². The van der Waals surface area contributed by atoms with E-state index >= 15 is 0 Å². The number of nitrogens with zero attached hydrogens (tertiary/aromatic N) is 7. The molecule has 7 aliphatic rings. The standard InChI is InChI=1S/C22H24N4O2.C16H16N2O2.C13H11IN2O2.C9H17BO2.C6H10N2O/c1-14(2)16-6-5-7-18-17(16)8-9-26-20(18)10-21(23-11-22(26)27)25-12-19(24-13-25)15(3)28-4;1-10(2)11-4-3-5-13-12(11)6-7-18-14(13)8-15(19)17-9-16(18)20;14-10-3-1-2-9-8(10)4-5-16-11(9)6-12(17)15-7-13(16)18;1-7(2)10-11-8(3,4)9(5,6)12-10;1-5(9-2)6-3-7-4-8-6/h5-7,10,12-13,15H,1,8-9,11H2,2-4H3;3-5,8H,1,6-7,9H2,2H3,(H,17,19);1-3,6H,4-5,7H2,(H,15,17);1H2,2-6H3;3-5H,1-2H3,(H,7,8)/t15-;;;;5-/m1...1/s1. The van der Waals surface area contributed by atoms with Gasteiger partial charge in [0.15, 0.2) is 0 Å². The zero-order valence-corrected chi connectivity index (χ0v) is 53.8. The molecule has 5 aromatic rings. The van der Waals surface area contributed by atoms with Crippen molar-refractivity contribution in [1.82, 2.24) is 44.9 Å². The van der Waals surface area contributed by atoms with Crippen LogP contribution >= 0.6 is 22.6 Å². The molecule has 0 saturated carbocycles.